The molecule has 0 unspecified atom stereocenters. The number of allylic oxidation sites excluding steroid dienone is 2. The molecule has 31 heavy (non-hydrogen) atoms. The predicted molar refractivity (Wildman–Crippen MR) is 113 cm³/mol. The van der Waals surface area contributed by atoms with Gasteiger partial charge in [-0.2, -0.15) is 13.2 Å². The van der Waals surface area contributed by atoms with Crippen LogP contribution in [-0.2, 0) is 19.4 Å². The van der Waals surface area contributed by atoms with E-state index in [-0.39, 0.29) is 27.2 Å². The number of carbonyl (C=O) groups excluding carboxylic acids is 1. The number of nitrogens with zero attached hydrogens (tertiary/aromatic N) is 3. The fourth-order valence-corrected chi connectivity index (χ4v) is 4.32. The van der Waals surface area contributed by atoms with Crippen molar-refractivity contribution in [1.29, 1.82) is 0 Å². The minimum absolute atomic E-state index is 0.0420. The summed E-state index contributed by atoms with van der Waals surface area (Å²) in [5.74, 6) is -0.753. The van der Waals surface area contributed by atoms with E-state index in [4.69, 9.17) is 10.5 Å². The number of aromatic nitrogens is 2. The minimum Gasteiger partial charge on any atom is -0.465 e. The normalized spacial score (nSPS) is 13.7. The van der Waals surface area contributed by atoms with Crippen molar-refractivity contribution in [2.24, 2.45) is 10.7 Å². The molecule has 0 radical (unpaired) electrons. The summed E-state index contributed by atoms with van der Waals surface area (Å²) in [5.41, 5.74) is 3.76. The number of hydrogen-bond donors (Lipinski definition) is 1. The SMILES string of the molecule is CCOC(=O)CN=C(C(Br)=C(N)C(F)(F)F)c1nnc(-c2cccc(S(C)(=O)=O)c2)s1. The minimum atomic E-state index is -4.86. The van der Waals surface area contributed by atoms with Crippen LogP contribution in [0.5, 0.6) is 0 Å². The Kier molecular flexibility index (Phi) is 7.94. The Labute approximate surface area is 188 Å². The van der Waals surface area contributed by atoms with Gasteiger partial charge >= 0.3 is 12.1 Å². The van der Waals surface area contributed by atoms with Crippen molar-refractivity contribution in [3.63, 3.8) is 0 Å². The van der Waals surface area contributed by atoms with Crippen molar-refractivity contribution >= 4 is 48.8 Å². The first-order valence-electron chi connectivity index (χ1n) is 8.41. The number of hydrogen-bond acceptors (Lipinski definition) is 9. The zero-order valence-corrected chi connectivity index (χ0v) is 19.3. The van der Waals surface area contributed by atoms with E-state index in [9.17, 15) is 26.4 Å². The van der Waals surface area contributed by atoms with Gasteiger partial charge in [-0.1, -0.05) is 23.5 Å². The third kappa shape index (κ3) is 6.58. The number of alkyl halides is 3. The van der Waals surface area contributed by atoms with Crippen LogP contribution in [0.15, 0.2) is 44.3 Å². The summed E-state index contributed by atoms with van der Waals surface area (Å²) in [6.45, 7) is 1.08. The molecule has 0 spiro atoms. The van der Waals surface area contributed by atoms with Gasteiger partial charge in [0.1, 0.15) is 23.0 Å². The Hall–Kier alpha value is -2.32. The summed E-state index contributed by atoms with van der Waals surface area (Å²) < 4.78 is 66.9. The largest absolute Gasteiger partial charge is 0.465 e. The lowest BCUT2D eigenvalue weighted by Crippen LogP contribution is -2.23. The molecule has 0 aliphatic heterocycles. The van der Waals surface area contributed by atoms with Crippen molar-refractivity contribution in [3.05, 3.63) is 39.5 Å². The maximum Gasteiger partial charge on any atom is 0.431 e. The van der Waals surface area contributed by atoms with Gasteiger partial charge in [-0.25, -0.2) is 8.42 Å². The number of sulfone groups is 1. The number of rotatable bonds is 7. The van der Waals surface area contributed by atoms with Crippen molar-refractivity contribution < 1.29 is 31.1 Å². The molecule has 2 N–H and O–H groups in total. The highest BCUT2D eigenvalue weighted by Gasteiger charge is 2.35. The van der Waals surface area contributed by atoms with E-state index in [2.05, 4.69) is 31.1 Å². The molecular weight excluding hydrogens is 525 g/mol. The van der Waals surface area contributed by atoms with Crippen molar-refractivity contribution in [2.45, 2.75) is 18.0 Å². The lowest BCUT2D eigenvalue weighted by atomic mass is 10.2. The number of esters is 1. The Morgan fingerprint density at radius 1 is 1.32 bits per heavy atom. The molecule has 14 heteroatoms. The Balaban J connectivity index is 2.53. The molecule has 1 aromatic heterocycles. The van der Waals surface area contributed by atoms with Gasteiger partial charge in [0, 0.05) is 11.8 Å². The molecule has 1 heterocycles. The Bertz CT molecular complexity index is 1140. The zero-order valence-electron chi connectivity index (χ0n) is 16.1. The van der Waals surface area contributed by atoms with Gasteiger partial charge in [0.25, 0.3) is 0 Å². The molecule has 8 nitrogen and oxygen atoms in total. The highest BCUT2D eigenvalue weighted by atomic mass is 79.9. The van der Waals surface area contributed by atoms with Crippen LogP contribution in [-0.4, -0.2) is 55.9 Å². The van der Waals surface area contributed by atoms with Gasteiger partial charge in [-0.15, -0.1) is 10.2 Å². The van der Waals surface area contributed by atoms with Gasteiger partial charge in [0.05, 0.1) is 16.0 Å². The van der Waals surface area contributed by atoms with Gasteiger partial charge in [0.15, 0.2) is 14.8 Å². The molecule has 0 bridgehead atoms. The second kappa shape index (κ2) is 9.87. The van der Waals surface area contributed by atoms with Crippen LogP contribution in [0.4, 0.5) is 13.2 Å². The first kappa shape index (κ1) is 24.9. The summed E-state index contributed by atoms with van der Waals surface area (Å²) in [5, 5.41) is 7.92. The first-order valence-corrected chi connectivity index (χ1v) is 11.9. The number of aliphatic imine (C=N–C) groups is 1. The first-order chi connectivity index (χ1) is 14.3. The molecule has 0 atom stereocenters. The molecule has 0 amide bonds. The maximum atomic E-state index is 13.1. The quantitative estimate of drug-likeness (QED) is 0.422. The van der Waals surface area contributed by atoms with E-state index >= 15 is 0 Å². The van der Waals surface area contributed by atoms with Crippen LogP contribution < -0.4 is 5.73 Å². The van der Waals surface area contributed by atoms with Crippen molar-refractivity contribution in [3.8, 4) is 10.6 Å². The second-order valence-electron chi connectivity index (χ2n) is 5.91. The summed E-state index contributed by atoms with van der Waals surface area (Å²) in [6, 6.07) is 5.84. The van der Waals surface area contributed by atoms with Crippen LogP contribution >= 0.6 is 27.3 Å². The predicted octanol–water partition coefficient (Wildman–Crippen LogP) is 3.09. The number of benzene rings is 1. The number of halogens is 4. The Morgan fingerprint density at radius 3 is 2.58 bits per heavy atom. The average molecular weight is 541 g/mol. The van der Waals surface area contributed by atoms with E-state index in [0.717, 1.165) is 17.6 Å². The van der Waals surface area contributed by atoms with Crippen LogP contribution in [0, 0.1) is 0 Å². The third-order valence-corrected chi connectivity index (χ3v) is 6.45. The topological polar surface area (TPSA) is 125 Å². The van der Waals surface area contributed by atoms with Crippen molar-refractivity contribution in [1.82, 2.24) is 10.2 Å². The second-order valence-corrected chi connectivity index (χ2v) is 9.69. The highest BCUT2D eigenvalue weighted by molar-refractivity contribution is 9.12. The van der Waals surface area contributed by atoms with Gasteiger partial charge in [0.2, 0.25) is 0 Å². The highest BCUT2D eigenvalue weighted by Crippen LogP contribution is 2.32. The molecule has 0 aliphatic rings. The standard InChI is InChI=1S/C17H16BrF3N4O4S2/c1-3-29-11(26)8-23-13(12(18)14(22)17(19,20)21)16-25-24-15(30-16)9-5-4-6-10(7-9)31(2,27)28/h4-7H,3,8,22H2,1-2H3. The molecule has 2 aromatic rings. The summed E-state index contributed by atoms with van der Waals surface area (Å²) in [6.07, 6.45) is -3.82. The smallest absolute Gasteiger partial charge is 0.431 e. The maximum absolute atomic E-state index is 13.1. The van der Waals surface area contributed by atoms with E-state index in [1.165, 1.54) is 18.2 Å². The van der Waals surface area contributed by atoms with Crippen LogP contribution in [0.2, 0.25) is 0 Å². The molecule has 0 saturated carbocycles. The van der Waals surface area contributed by atoms with E-state index in [1.807, 2.05) is 0 Å². The summed E-state index contributed by atoms with van der Waals surface area (Å²) in [7, 11) is -3.48. The molecule has 168 valence electrons. The number of carbonyl (C=O) groups is 1. The monoisotopic (exact) mass is 540 g/mol. The van der Waals surface area contributed by atoms with Gasteiger partial charge in [-0.05, 0) is 35.0 Å². The lowest BCUT2D eigenvalue weighted by Gasteiger charge is -2.10. The fraction of sp³-hybridized carbons (Fsp3) is 0.294. The molecule has 0 fully saturated rings. The van der Waals surface area contributed by atoms with E-state index in [1.54, 1.807) is 13.0 Å². The number of ether oxygens (including phenoxy) is 1. The van der Waals surface area contributed by atoms with Gasteiger partial charge < -0.3 is 10.5 Å². The van der Waals surface area contributed by atoms with Crippen LogP contribution in [0.3, 0.4) is 0 Å². The molecule has 1 aromatic carbocycles. The third-order valence-electron chi connectivity index (χ3n) is 3.56. The van der Waals surface area contributed by atoms with E-state index < -0.39 is 38.7 Å². The van der Waals surface area contributed by atoms with Crippen LogP contribution in [0.1, 0.15) is 11.9 Å². The van der Waals surface area contributed by atoms with E-state index in [0.29, 0.717) is 5.56 Å². The molecule has 0 saturated heterocycles. The van der Waals surface area contributed by atoms with Gasteiger partial charge in [-0.3, -0.25) is 9.79 Å². The molecular formula is C17H16BrF3N4O4S2. The van der Waals surface area contributed by atoms with Crippen molar-refractivity contribution in [2.75, 3.05) is 19.4 Å². The lowest BCUT2D eigenvalue weighted by molar-refractivity contribution is -0.141. The fourth-order valence-electron chi connectivity index (χ4n) is 2.13. The van der Waals surface area contributed by atoms with Crippen LogP contribution in [0.25, 0.3) is 10.6 Å². The summed E-state index contributed by atoms with van der Waals surface area (Å²) >= 11 is 3.63. The Morgan fingerprint density at radius 2 is 2.00 bits per heavy atom. The molecule has 2 rings (SSSR count). The molecule has 0 aliphatic carbocycles. The average Bonchev–Trinajstić information content (AvgIpc) is 3.16. The zero-order chi connectivity index (χ0) is 23.4. The number of nitrogens with two attached hydrogens (primary N) is 1. The summed E-state index contributed by atoms with van der Waals surface area (Å²) in [4.78, 5) is 15.5.